The zero-order valence-electron chi connectivity index (χ0n) is 10.4. The highest BCUT2D eigenvalue weighted by Crippen LogP contribution is 2.19. The largest absolute Gasteiger partial charge is 0.367 e. The topological polar surface area (TPSA) is 49.8 Å². The maximum absolute atomic E-state index is 4.20. The third-order valence-electron chi connectivity index (χ3n) is 3.50. The van der Waals surface area contributed by atoms with Gasteiger partial charge in [-0.25, -0.2) is 0 Å². The number of rotatable bonds is 3. The Morgan fingerprint density at radius 1 is 1.28 bits per heavy atom. The van der Waals surface area contributed by atoms with Crippen LogP contribution in [-0.4, -0.2) is 29.3 Å². The molecule has 0 bridgehead atoms. The Morgan fingerprint density at radius 3 is 3.11 bits per heavy atom. The van der Waals surface area contributed by atoms with Crippen LogP contribution in [0.2, 0.25) is 0 Å². The van der Waals surface area contributed by atoms with Gasteiger partial charge in [0.15, 0.2) is 5.82 Å². The highest BCUT2D eigenvalue weighted by molar-refractivity contribution is 5.90. The van der Waals surface area contributed by atoms with Gasteiger partial charge in [0.1, 0.15) is 0 Å². The van der Waals surface area contributed by atoms with Crippen molar-refractivity contribution in [3.05, 3.63) is 30.5 Å². The minimum Gasteiger partial charge on any atom is -0.367 e. The number of fused-ring (bicyclic) bond motifs is 1. The first-order valence-electron chi connectivity index (χ1n) is 6.61. The van der Waals surface area contributed by atoms with Crippen molar-refractivity contribution in [1.29, 1.82) is 0 Å². The van der Waals surface area contributed by atoms with E-state index in [9.17, 15) is 0 Å². The van der Waals surface area contributed by atoms with E-state index < -0.39 is 0 Å². The molecule has 0 radical (unpaired) electrons. The van der Waals surface area contributed by atoms with Crippen molar-refractivity contribution < 1.29 is 0 Å². The normalized spacial score (nSPS) is 19.9. The van der Waals surface area contributed by atoms with Crippen molar-refractivity contribution in [2.45, 2.75) is 25.3 Å². The van der Waals surface area contributed by atoms with Crippen molar-refractivity contribution in [3.8, 4) is 0 Å². The number of aromatic nitrogens is 2. The monoisotopic (exact) mass is 242 g/mol. The predicted octanol–water partition coefficient (Wildman–Crippen LogP) is 2.18. The number of piperidine rings is 1. The van der Waals surface area contributed by atoms with Gasteiger partial charge in [-0.3, -0.25) is 0 Å². The second-order valence-corrected chi connectivity index (χ2v) is 4.81. The Morgan fingerprint density at radius 2 is 2.22 bits per heavy atom. The predicted molar refractivity (Wildman–Crippen MR) is 73.7 cm³/mol. The van der Waals surface area contributed by atoms with Crippen molar-refractivity contribution in [2.75, 3.05) is 18.4 Å². The van der Waals surface area contributed by atoms with Crippen LogP contribution in [0.25, 0.3) is 10.8 Å². The summed E-state index contributed by atoms with van der Waals surface area (Å²) in [5.74, 6) is 0.889. The SMILES string of the molecule is c1ccc2c(NCC3CCCCN3)nncc2c1. The van der Waals surface area contributed by atoms with Gasteiger partial charge in [-0.2, -0.15) is 5.10 Å². The summed E-state index contributed by atoms with van der Waals surface area (Å²) in [4.78, 5) is 0. The lowest BCUT2D eigenvalue weighted by Gasteiger charge is -2.23. The molecule has 4 heteroatoms. The third kappa shape index (κ3) is 2.43. The minimum absolute atomic E-state index is 0.555. The van der Waals surface area contributed by atoms with Gasteiger partial charge in [0.05, 0.1) is 6.20 Å². The number of benzene rings is 1. The Bertz CT molecular complexity index is 515. The van der Waals surface area contributed by atoms with Gasteiger partial charge in [-0.05, 0) is 19.4 Å². The first-order valence-corrected chi connectivity index (χ1v) is 6.61. The molecular formula is C14H18N4. The summed E-state index contributed by atoms with van der Waals surface area (Å²) in [7, 11) is 0. The average molecular weight is 242 g/mol. The Kier molecular flexibility index (Phi) is 3.37. The molecule has 1 unspecified atom stereocenters. The molecule has 1 aromatic carbocycles. The fourth-order valence-electron chi connectivity index (χ4n) is 2.48. The van der Waals surface area contributed by atoms with Gasteiger partial charge in [0.25, 0.3) is 0 Å². The molecule has 1 aromatic heterocycles. The molecule has 1 saturated heterocycles. The molecule has 2 N–H and O–H groups in total. The zero-order chi connectivity index (χ0) is 12.2. The van der Waals surface area contributed by atoms with E-state index in [4.69, 9.17) is 0 Å². The summed E-state index contributed by atoms with van der Waals surface area (Å²) < 4.78 is 0. The van der Waals surface area contributed by atoms with Crippen molar-refractivity contribution >= 4 is 16.6 Å². The van der Waals surface area contributed by atoms with E-state index in [1.165, 1.54) is 19.3 Å². The second kappa shape index (κ2) is 5.31. The van der Waals surface area contributed by atoms with Crippen LogP contribution in [0, 0.1) is 0 Å². The third-order valence-corrected chi connectivity index (χ3v) is 3.50. The van der Waals surface area contributed by atoms with E-state index in [-0.39, 0.29) is 0 Å². The molecule has 18 heavy (non-hydrogen) atoms. The summed E-state index contributed by atoms with van der Waals surface area (Å²) >= 11 is 0. The van der Waals surface area contributed by atoms with Crippen LogP contribution in [0.15, 0.2) is 30.5 Å². The molecule has 0 spiro atoms. The molecule has 2 aromatic rings. The molecule has 4 nitrogen and oxygen atoms in total. The van der Waals surface area contributed by atoms with Crippen LogP contribution in [0.3, 0.4) is 0 Å². The number of nitrogens with zero attached hydrogens (tertiary/aromatic N) is 2. The number of anilines is 1. The number of hydrogen-bond acceptors (Lipinski definition) is 4. The average Bonchev–Trinajstić information content (AvgIpc) is 2.46. The molecule has 3 rings (SSSR count). The maximum Gasteiger partial charge on any atom is 0.156 e. The molecule has 0 saturated carbocycles. The van der Waals surface area contributed by atoms with E-state index in [2.05, 4.69) is 33.0 Å². The molecule has 1 aliphatic heterocycles. The van der Waals surface area contributed by atoms with Gasteiger partial charge in [0.2, 0.25) is 0 Å². The lowest BCUT2D eigenvalue weighted by molar-refractivity contribution is 0.414. The van der Waals surface area contributed by atoms with Crippen LogP contribution in [-0.2, 0) is 0 Å². The molecule has 1 aliphatic rings. The highest BCUT2D eigenvalue weighted by Gasteiger charge is 2.12. The summed E-state index contributed by atoms with van der Waals surface area (Å²) in [6.07, 6.45) is 5.66. The van der Waals surface area contributed by atoms with Gasteiger partial charge < -0.3 is 10.6 Å². The number of nitrogens with one attached hydrogen (secondary N) is 2. The van der Waals surface area contributed by atoms with Crippen molar-refractivity contribution in [3.63, 3.8) is 0 Å². The zero-order valence-corrected chi connectivity index (χ0v) is 10.4. The van der Waals surface area contributed by atoms with Gasteiger partial charge in [-0.15, -0.1) is 5.10 Å². The van der Waals surface area contributed by atoms with Gasteiger partial charge >= 0.3 is 0 Å². The van der Waals surface area contributed by atoms with Gasteiger partial charge in [-0.1, -0.05) is 30.7 Å². The van der Waals surface area contributed by atoms with E-state index in [0.717, 1.165) is 29.7 Å². The summed E-state index contributed by atoms with van der Waals surface area (Å²) in [5.41, 5.74) is 0. The molecular weight excluding hydrogens is 224 g/mol. The van der Waals surface area contributed by atoms with Gasteiger partial charge in [0, 0.05) is 23.4 Å². The van der Waals surface area contributed by atoms with Crippen LogP contribution in [0.5, 0.6) is 0 Å². The lowest BCUT2D eigenvalue weighted by Crippen LogP contribution is -2.39. The van der Waals surface area contributed by atoms with Crippen LogP contribution < -0.4 is 10.6 Å². The summed E-state index contributed by atoms with van der Waals surface area (Å²) in [6, 6.07) is 8.76. The molecule has 0 amide bonds. The highest BCUT2D eigenvalue weighted by atomic mass is 15.2. The Hall–Kier alpha value is -1.68. The summed E-state index contributed by atoms with van der Waals surface area (Å²) in [5, 5.41) is 17.5. The van der Waals surface area contributed by atoms with Crippen LogP contribution >= 0.6 is 0 Å². The van der Waals surface area contributed by atoms with E-state index in [1.54, 1.807) is 6.20 Å². The first kappa shape index (κ1) is 11.4. The summed E-state index contributed by atoms with van der Waals surface area (Å²) in [6.45, 7) is 2.05. The molecule has 1 atom stereocenters. The fraction of sp³-hybridized carbons (Fsp3) is 0.429. The lowest BCUT2D eigenvalue weighted by atomic mass is 10.1. The van der Waals surface area contributed by atoms with E-state index in [0.29, 0.717) is 6.04 Å². The Balaban J connectivity index is 1.74. The van der Waals surface area contributed by atoms with Crippen LogP contribution in [0.4, 0.5) is 5.82 Å². The molecule has 0 aliphatic carbocycles. The van der Waals surface area contributed by atoms with E-state index in [1.807, 2.05) is 12.1 Å². The Labute approximate surface area is 107 Å². The molecule has 1 fully saturated rings. The standard InChI is InChI=1S/C14H18N4/c1-2-7-13-11(5-1)9-17-18-14(13)16-10-12-6-3-4-8-15-12/h1-2,5,7,9,12,15H,3-4,6,8,10H2,(H,16,18). The van der Waals surface area contributed by atoms with Crippen molar-refractivity contribution in [2.24, 2.45) is 0 Å². The fourth-order valence-corrected chi connectivity index (χ4v) is 2.48. The minimum atomic E-state index is 0.555. The maximum atomic E-state index is 4.20. The van der Waals surface area contributed by atoms with Crippen LogP contribution in [0.1, 0.15) is 19.3 Å². The molecule has 2 heterocycles. The smallest absolute Gasteiger partial charge is 0.156 e. The van der Waals surface area contributed by atoms with Crippen molar-refractivity contribution in [1.82, 2.24) is 15.5 Å². The molecule has 94 valence electrons. The second-order valence-electron chi connectivity index (χ2n) is 4.81. The number of hydrogen-bond donors (Lipinski definition) is 2. The van der Waals surface area contributed by atoms with E-state index >= 15 is 0 Å². The quantitative estimate of drug-likeness (QED) is 0.866. The first-order chi connectivity index (χ1) is 8.93.